The maximum absolute atomic E-state index is 14.8. The summed E-state index contributed by atoms with van der Waals surface area (Å²) in [7, 11) is 0. The van der Waals surface area contributed by atoms with E-state index in [1.54, 1.807) is 0 Å². The number of rotatable bonds is 7. The molecule has 3 aliphatic rings. The molecule has 0 amide bonds. The minimum Gasteiger partial charge on any atom is -0.317 e. The summed E-state index contributed by atoms with van der Waals surface area (Å²) in [6.45, 7) is 2.12. The zero-order valence-electron chi connectivity index (χ0n) is 22.0. The summed E-state index contributed by atoms with van der Waals surface area (Å²) in [6.07, 6.45) is 5.38. The Balaban J connectivity index is 1.20. The Kier molecular flexibility index (Phi) is 9.52. The summed E-state index contributed by atoms with van der Waals surface area (Å²) < 4.78 is 101. The molecule has 3 saturated carbocycles. The van der Waals surface area contributed by atoms with E-state index in [0.29, 0.717) is 56.3 Å². The van der Waals surface area contributed by atoms with Crippen molar-refractivity contribution in [2.75, 3.05) is 0 Å². The highest BCUT2D eigenvalue weighted by molar-refractivity contribution is 5.31. The first-order chi connectivity index (χ1) is 18.0. The van der Waals surface area contributed by atoms with Crippen LogP contribution in [-0.2, 0) is 10.9 Å². The molecule has 4 rings (SSSR count). The number of ether oxygens (including phenoxy) is 1. The lowest BCUT2D eigenvalue weighted by Gasteiger charge is -2.36. The molecule has 1 aromatic carbocycles. The van der Waals surface area contributed by atoms with E-state index in [4.69, 9.17) is 4.74 Å². The highest BCUT2D eigenvalue weighted by Gasteiger charge is 2.44. The minimum absolute atomic E-state index is 0.169. The summed E-state index contributed by atoms with van der Waals surface area (Å²) in [6, 6.07) is 1.65. The molecule has 0 atom stereocenters. The average molecular weight is 549 g/mol. The second kappa shape index (κ2) is 12.3. The molecule has 214 valence electrons. The number of hydrogen-bond acceptors (Lipinski definition) is 1. The van der Waals surface area contributed by atoms with Crippen LogP contribution in [0.5, 0.6) is 0 Å². The fraction of sp³-hybridized carbons (Fsp3) is 0.733. The summed E-state index contributed by atoms with van der Waals surface area (Å²) in [5, 5.41) is 0. The Labute approximate surface area is 221 Å². The van der Waals surface area contributed by atoms with Crippen molar-refractivity contribution in [2.24, 2.45) is 23.7 Å². The second-order valence-electron chi connectivity index (χ2n) is 11.7. The van der Waals surface area contributed by atoms with Gasteiger partial charge >= 0.3 is 12.3 Å². The van der Waals surface area contributed by atoms with Gasteiger partial charge < -0.3 is 4.74 Å². The zero-order chi connectivity index (χ0) is 27.5. The van der Waals surface area contributed by atoms with Crippen LogP contribution < -0.4 is 0 Å². The summed E-state index contributed by atoms with van der Waals surface area (Å²) in [5.74, 6) is -2.78. The Morgan fingerprint density at radius 3 is 1.71 bits per heavy atom. The van der Waals surface area contributed by atoms with Gasteiger partial charge in [0.25, 0.3) is 0 Å². The van der Waals surface area contributed by atoms with Gasteiger partial charge in [-0.1, -0.05) is 25.5 Å². The van der Waals surface area contributed by atoms with Gasteiger partial charge in [0, 0.05) is 0 Å². The van der Waals surface area contributed by atoms with Crippen molar-refractivity contribution in [3.8, 4) is 0 Å². The Morgan fingerprint density at radius 1 is 0.737 bits per heavy atom. The summed E-state index contributed by atoms with van der Waals surface area (Å²) in [4.78, 5) is 0. The predicted octanol–water partition coefficient (Wildman–Crippen LogP) is 10.2. The van der Waals surface area contributed by atoms with Gasteiger partial charge in [-0.2, -0.15) is 22.0 Å². The third kappa shape index (κ3) is 7.33. The van der Waals surface area contributed by atoms with Gasteiger partial charge in [0.1, 0.15) is 17.2 Å². The van der Waals surface area contributed by atoms with Crippen molar-refractivity contribution in [3.05, 3.63) is 47.0 Å². The highest BCUT2D eigenvalue weighted by atomic mass is 19.4. The number of hydrogen-bond donors (Lipinski definition) is 0. The molecule has 0 N–H and O–H groups in total. The molecule has 1 nitrogen and oxygen atoms in total. The lowest BCUT2D eigenvalue weighted by molar-refractivity contribution is -0.301. The van der Waals surface area contributed by atoms with Crippen molar-refractivity contribution in [3.63, 3.8) is 0 Å². The molecule has 0 spiro atoms. The smallest absolute Gasteiger partial charge is 0.317 e. The van der Waals surface area contributed by atoms with Gasteiger partial charge in [-0.15, -0.1) is 0 Å². The number of alkyl halides is 5. The molecule has 0 bridgehead atoms. The van der Waals surface area contributed by atoms with E-state index in [1.165, 1.54) is 0 Å². The Bertz CT molecular complexity index is 909. The fourth-order valence-corrected chi connectivity index (χ4v) is 6.68. The number of benzene rings is 1. The zero-order valence-corrected chi connectivity index (χ0v) is 22.0. The quantitative estimate of drug-likeness (QED) is 0.243. The van der Waals surface area contributed by atoms with Crippen LogP contribution >= 0.6 is 0 Å². The Hall–Kier alpha value is -1.57. The van der Waals surface area contributed by atoms with Crippen LogP contribution in [-0.4, -0.2) is 12.2 Å². The lowest BCUT2D eigenvalue weighted by Crippen LogP contribution is -2.39. The number of allylic oxidation sites excluding steroid dienone is 2. The van der Waals surface area contributed by atoms with E-state index < -0.39 is 41.5 Å². The van der Waals surface area contributed by atoms with Gasteiger partial charge in [-0.25, -0.2) is 8.78 Å². The van der Waals surface area contributed by atoms with Crippen molar-refractivity contribution in [1.82, 2.24) is 0 Å². The third-order valence-electron chi connectivity index (χ3n) is 9.19. The molecule has 0 heterocycles. The molecule has 1 aromatic rings. The third-order valence-corrected chi connectivity index (χ3v) is 9.19. The van der Waals surface area contributed by atoms with Crippen LogP contribution in [0.4, 0.5) is 30.7 Å². The van der Waals surface area contributed by atoms with Crippen LogP contribution in [0.1, 0.15) is 107 Å². The van der Waals surface area contributed by atoms with Crippen molar-refractivity contribution < 1.29 is 35.5 Å². The van der Waals surface area contributed by atoms with Crippen LogP contribution in [0.25, 0.3) is 0 Å². The maximum Gasteiger partial charge on any atom is 0.422 e. The monoisotopic (exact) mass is 548 g/mol. The SMILES string of the molecule is CCC1CCC(C(F)(F)OC2CCC(/C=C/C3CCC(c4cc(F)c(C(F)(F)F)c(F)c4)CC3)CC2)CC1. The largest absolute Gasteiger partial charge is 0.422 e. The van der Waals surface area contributed by atoms with Crippen LogP contribution in [0, 0.1) is 35.3 Å². The van der Waals surface area contributed by atoms with Crippen LogP contribution in [0.3, 0.4) is 0 Å². The Morgan fingerprint density at radius 2 is 1.24 bits per heavy atom. The van der Waals surface area contributed by atoms with Crippen LogP contribution in [0.15, 0.2) is 24.3 Å². The first-order valence-corrected chi connectivity index (χ1v) is 14.3. The van der Waals surface area contributed by atoms with Crippen molar-refractivity contribution in [2.45, 2.75) is 115 Å². The molecule has 3 aliphatic carbocycles. The molecule has 0 unspecified atom stereocenters. The highest BCUT2D eigenvalue weighted by Crippen LogP contribution is 2.43. The van der Waals surface area contributed by atoms with E-state index in [2.05, 4.69) is 19.1 Å². The standard InChI is InChI=1S/C30H39F7O/c1-2-19-7-13-24(14-8-19)30(36,37)38-25-15-9-21(10-16-25)4-3-20-5-11-22(12-6-20)23-17-26(31)28(27(32)18-23)29(33,34)35/h3-4,17-22,24-25H,2,5-16H2,1H3/b4-3+. The first kappa shape index (κ1) is 29.4. The van der Waals surface area contributed by atoms with Gasteiger partial charge in [0.05, 0.1) is 12.0 Å². The van der Waals surface area contributed by atoms with Gasteiger partial charge in [0.2, 0.25) is 0 Å². The minimum atomic E-state index is -5.06. The van der Waals surface area contributed by atoms with Crippen LogP contribution in [0.2, 0.25) is 0 Å². The van der Waals surface area contributed by atoms with Crippen molar-refractivity contribution in [1.29, 1.82) is 0 Å². The van der Waals surface area contributed by atoms with E-state index in [1.807, 2.05) is 0 Å². The molecule has 0 radical (unpaired) electrons. The predicted molar refractivity (Wildman–Crippen MR) is 133 cm³/mol. The van der Waals surface area contributed by atoms with E-state index in [9.17, 15) is 30.7 Å². The van der Waals surface area contributed by atoms with E-state index >= 15 is 0 Å². The molecule has 8 heteroatoms. The van der Waals surface area contributed by atoms with Gasteiger partial charge in [-0.05, 0) is 118 Å². The lowest BCUT2D eigenvalue weighted by atomic mass is 9.77. The second-order valence-corrected chi connectivity index (χ2v) is 11.7. The van der Waals surface area contributed by atoms with E-state index in [-0.39, 0.29) is 11.5 Å². The number of halogens is 7. The normalized spacial score (nSPS) is 31.6. The molecule has 0 aliphatic heterocycles. The maximum atomic E-state index is 14.8. The average Bonchev–Trinajstić information content (AvgIpc) is 2.87. The summed E-state index contributed by atoms with van der Waals surface area (Å²) in [5.41, 5.74) is -1.55. The molecule has 38 heavy (non-hydrogen) atoms. The van der Waals surface area contributed by atoms with Crippen molar-refractivity contribution >= 4 is 0 Å². The van der Waals surface area contributed by atoms with Gasteiger partial charge in [0.15, 0.2) is 0 Å². The molecular formula is C30H39F7O. The topological polar surface area (TPSA) is 9.23 Å². The summed E-state index contributed by atoms with van der Waals surface area (Å²) >= 11 is 0. The first-order valence-electron chi connectivity index (χ1n) is 14.3. The molecule has 3 fully saturated rings. The molecular weight excluding hydrogens is 509 g/mol. The fourth-order valence-electron chi connectivity index (χ4n) is 6.68. The molecule has 0 aromatic heterocycles. The molecule has 0 saturated heterocycles. The van der Waals surface area contributed by atoms with E-state index in [0.717, 1.165) is 57.1 Å². The van der Waals surface area contributed by atoms with Gasteiger partial charge in [-0.3, -0.25) is 0 Å².